The summed E-state index contributed by atoms with van der Waals surface area (Å²) in [7, 11) is 0. The highest BCUT2D eigenvalue weighted by atomic mass is 16.5. The fraction of sp³-hybridized carbons (Fsp3) is 0.533. The molecule has 1 N–H and O–H groups in total. The molecule has 1 aliphatic rings. The Bertz CT molecular complexity index is 467. The van der Waals surface area contributed by atoms with Crippen LogP contribution in [0.4, 0.5) is 0 Å². The molecule has 0 radical (unpaired) electrons. The van der Waals surface area contributed by atoms with Crippen LogP contribution in [-0.4, -0.2) is 37.5 Å². The van der Waals surface area contributed by atoms with Crippen molar-refractivity contribution in [2.75, 3.05) is 26.4 Å². The Labute approximate surface area is 118 Å². The van der Waals surface area contributed by atoms with Crippen molar-refractivity contribution in [1.29, 1.82) is 0 Å². The Hall–Kier alpha value is -1.59. The summed E-state index contributed by atoms with van der Waals surface area (Å²) in [5.41, 5.74) is 0.428. The monoisotopic (exact) mass is 280 g/mol. The van der Waals surface area contributed by atoms with E-state index in [4.69, 9.17) is 14.2 Å². The van der Waals surface area contributed by atoms with Gasteiger partial charge in [0.15, 0.2) is 6.10 Å². The van der Waals surface area contributed by atoms with E-state index in [1.165, 1.54) is 0 Å². The van der Waals surface area contributed by atoms with Crippen LogP contribution in [0.2, 0.25) is 0 Å². The third-order valence-corrected chi connectivity index (χ3v) is 3.20. The first-order valence-corrected chi connectivity index (χ1v) is 6.70. The first-order valence-electron chi connectivity index (χ1n) is 6.70. The maximum atomic E-state index is 11.6. The lowest BCUT2D eigenvalue weighted by Gasteiger charge is -2.37. The van der Waals surface area contributed by atoms with E-state index in [0.29, 0.717) is 31.1 Å². The number of para-hydroxylation sites is 1. The summed E-state index contributed by atoms with van der Waals surface area (Å²) in [4.78, 5) is 11.6. The Balaban J connectivity index is 2.07. The summed E-state index contributed by atoms with van der Waals surface area (Å²) in [6.07, 6.45) is -1.32. The molecule has 1 unspecified atom stereocenters. The van der Waals surface area contributed by atoms with Crippen LogP contribution in [0.1, 0.15) is 25.5 Å². The minimum absolute atomic E-state index is 0.00198. The number of carbonyl (C=O) groups excluding carboxylic acids is 1. The van der Waals surface area contributed by atoms with Gasteiger partial charge in [-0.3, -0.25) is 0 Å². The van der Waals surface area contributed by atoms with Crippen LogP contribution in [-0.2, 0) is 14.3 Å². The Morgan fingerprint density at radius 2 is 2.15 bits per heavy atom. The third-order valence-electron chi connectivity index (χ3n) is 3.20. The average Bonchev–Trinajstić information content (AvgIpc) is 2.43. The molecule has 2 rings (SSSR count). The van der Waals surface area contributed by atoms with E-state index in [1.807, 2.05) is 0 Å². The van der Waals surface area contributed by atoms with Gasteiger partial charge >= 0.3 is 5.97 Å². The molecule has 1 aromatic rings. The number of aliphatic hydroxyl groups is 1. The molecular weight excluding hydrogens is 260 g/mol. The molecule has 1 saturated heterocycles. The second kappa shape index (κ2) is 6.24. The molecule has 0 saturated carbocycles. The molecule has 0 aliphatic carbocycles. The summed E-state index contributed by atoms with van der Waals surface area (Å²) in [5.74, 6) is -0.164. The van der Waals surface area contributed by atoms with Crippen LogP contribution in [0.5, 0.6) is 5.75 Å². The number of ether oxygens (including phenoxy) is 3. The molecule has 1 fully saturated rings. The quantitative estimate of drug-likeness (QED) is 0.803. The molecule has 0 aromatic heterocycles. The fourth-order valence-electron chi connectivity index (χ4n) is 1.97. The summed E-state index contributed by atoms with van der Waals surface area (Å²) >= 11 is 0. The van der Waals surface area contributed by atoms with Crippen molar-refractivity contribution in [2.45, 2.75) is 20.0 Å². The maximum absolute atomic E-state index is 11.6. The van der Waals surface area contributed by atoms with E-state index in [9.17, 15) is 9.90 Å². The number of hydrogen-bond acceptors (Lipinski definition) is 5. The van der Waals surface area contributed by atoms with E-state index in [2.05, 4.69) is 6.92 Å². The van der Waals surface area contributed by atoms with Gasteiger partial charge in [0.2, 0.25) is 0 Å². The molecule has 110 valence electrons. The minimum atomic E-state index is -1.32. The van der Waals surface area contributed by atoms with Gasteiger partial charge in [0.05, 0.1) is 26.4 Å². The number of carbonyl (C=O) groups is 1. The van der Waals surface area contributed by atoms with E-state index in [0.717, 1.165) is 0 Å². The molecule has 20 heavy (non-hydrogen) atoms. The first kappa shape index (κ1) is 14.8. The number of hydrogen-bond donors (Lipinski definition) is 1. The highest BCUT2D eigenvalue weighted by molar-refractivity contribution is 5.77. The normalized spacial score (nSPS) is 17.9. The molecule has 0 spiro atoms. The van der Waals surface area contributed by atoms with Gasteiger partial charge in [-0.25, -0.2) is 4.79 Å². The summed E-state index contributed by atoms with van der Waals surface area (Å²) in [5, 5.41) is 10.0. The molecule has 5 heteroatoms. The van der Waals surface area contributed by atoms with Crippen LogP contribution >= 0.6 is 0 Å². The van der Waals surface area contributed by atoms with E-state index in [1.54, 1.807) is 31.2 Å². The molecule has 0 bridgehead atoms. The number of esters is 1. The van der Waals surface area contributed by atoms with Gasteiger partial charge in [0, 0.05) is 11.0 Å². The lowest BCUT2D eigenvalue weighted by molar-refractivity contribution is -0.153. The van der Waals surface area contributed by atoms with Gasteiger partial charge < -0.3 is 19.3 Å². The lowest BCUT2D eigenvalue weighted by atomic mass is 9.90. The predicted molar refractivity (Wildman–Crippen MR) is 72.5 cm³/mol. The third kappa shape index (κ3) is 3.29. The van der Waals surface area contributed by atoms with Crippen molar-refractivity contribution in [3.8, 4) is 5.75 Å². The second-order valence-corrected chi connectivity index (χ2v) is 5.28. The second-order valence-electron chi connectivity index (χ2n) is 5.28. The number of rotatable bonds is 6. The highest BCUT2D eigenvalue weighted by Gasteiger charge is 2.34. The summed E-state index contributed by atoms with van der Waals surface area (Å²) in [6, 6.07) is 6.95. The smallest absolute Gasteiger partial charge is 0.339 e. The summed E-state index contributed by atoms with van der Waals surface area (Å²) < 4.78 is 15.7. The van der Waals surface area contributed by atoms with Crippen molar-refractivity contribution >= 4 is 5.97 Å². The zero-order valence-corrected chi connectivity index (χ0v) is 11.8. The van der Waals surface area contributed by atoms with Gasteiger partial charge in [-0.1, -0.05) is 25.1 Å². The van der Waals surface area contributed by atoms with Crippen LogP contribution in [0, 0.1) is 5.41 Å². The largest absolute Gasteiger partial charge is 0.492 e. The number of benzene rings is 1. The Kier molecular flexibility index (Phi) is 4.62. The van der Waals surface area contributed by atoms with E-state index in [-0.39, 0.29) is 12.0 Å². The van der Waals surface area contributed by atoms with Crippen LogP contribution in [0.3, 0.4) is 0 Å². The van der Waals surface area contributed by atoms with Crippen molar-refractivity contribution in [3.63, 3.8) is 0 Å². The maximum Gasteiger partial charge on any atom is 0.339 e. The molecule has 1 aromatic carbocycles. The zero-order chi connectivity index (χ0) is 14.6. The topological polar surface area (TPSA) is 65.0 Å². The fourth-order valence-corrected chi connectivity index (χ4v) is 1.97. The van der Waals surface area contributed by atoms with Crippen molar-refractivity contribution in [3.05, 3.63) is 29.8 Å². The van der Waals surface area contributed by atoms with Crippen LogP contribution in [0.25, 0.3) is 0 Å². The van der Waals surface area contributed by atoms with Gasteiger partial charge in [0.25, 0.3) is 0 Å². The SMILES string of the molecule is CCOC(=O)C(O)c1ccccc1OCC1(C)COC1. The standard InChI is InChI=1S/C15H20O5/c1-3-19-14(17)13(16)11-6-4-5-7-12(11)20-10-15(2)8-18-9-15/h4-7,13,16H,3,8-10H2,1-2H3. The van der Waals surface area contributed by atoms with Gasteiger partial charge in [-0.05, 0) is 13.0 Å². The van der Waals surface area contributed by atoms with Crippen molar-refractivity contribution in [1.82, 2.24) is 0 Å². The Morgan fingerprint density at radius 3 is 2.75 bits per heavy atom. The average molecular weight is 280 g/mol. The zero-order valence-electron chi connectivity index (χ0n) is 11.8. The molecular formula is C15H20O5. The first-order chi connectivity index (χ1) is 9.56. The molecule has 1 aliphatic heterocycles. The number of aliphatic hydroxyl groups excluding tert-OH is 1. The van der Waals surface area contributed by atoms with Crippen LogP contribution in [0.15, 0.2) is 24.3 Å². The minimum Gasteiger partial charge on any atom is -0.492 e. The Morgan fingerprint density at radius 1 is 1.45 bits per heavy atom. The van der Waals surface area contributed by atoms with Crippen LogP contribution < -0.4 is 4.74 Å². The van der Waals surface area contributed by atoms with Crippen molar-refractivity contribution < 1.29 is 24.1 Å². The highest BCUT2D eigenvalue weighted by Crippen LogP contribution is 2.31. The predicted octanol–water partition coefficient (Wildman–Crippen LogP) is 1.70. The summed E-state index contributed by atoms with van der Waals surface area (Å²) in [6.45, 7) is 5.81. The van der Waals surface area contributed by atoms with E-state index >= 15 is 0 Å². The van der Waals surface area contributed by atoms with Crippen molar-refractivity contribution in [2.24, 2.45) is 5.41 Å². The molecule has 5 nitrogen and oxygen atoms in total. The van der Waals surface area contributed by atoms with E-state index < -0.39 is 12.1 Å². The molecule has 1 heterocycles. The van der Waals surface area contributed by atoms with Gasteiger partial charge in [-0.2, -0.15) is 0 Å². The van der Waals surface area contributed by atoms with Gasteiger partial charge in [0.1, 0.15) is 5.75 Å². The molecule has 1 atom stereocenters. The van der Waals surface area contributed by atoms with Gasteiger partial charge in [-0.15, -0.1) is 0 Å². The molecule has 0 amide bonds. The lowest BCUT2D eigenvalue weighted by Crippen LogP contribution is -2.44.